The van der Waals surface area contributed by atoms with Gasteiger partial charge in [0.25, 0.3) is 10.0 Å². The van der Waals surface area contributed by atoms with E-state index < -0.39 is 50.0 Å². The van der Waals surface area contributed by atoms with Crippen LogP contribution in [0.5, 0.6) is 0 Å². The minimum atomic E-state index is -3.94. The number of fused-ring (bicyclic) bond motifs is 1. The number of rotatable bonds is 7. The Kier molecular flexibility index (Phi) is 10.1. The molecule has 14 heteroatoms. The van der Waals surface area contributed by atoms with Crippen molar-refractivity contribution in [3.63, 3.8) is 0 Å². The van der Waals surface area contributed by atoms with E-state index in [0.29, 0.717) is 30.0 Å². The highest BCUT2D eigenvalue weighted by Crippen LogP contribution is 2.42. The van der Waals surface area contributed by atoms with Gasteiger partial charge in [-0.2, -0.15) is 9.30 Å². The van der Waals surface area contributed by atoms with E-state index in [4.69, 9.17) is 35.5 Å². The van der Waals surface area contributed by atoms with Crippen LogP contribution >= 0.6 is 22.9 Å². The lowest BCUT2D eigenvalue weighted by molar-refractivity contribution is -0.159. The first-order chi connectivity index (χ1) is 24.5. The molecule has 2 aliphatic rings. The van der Waals surface area contributed by atoms with Gasteiger partial charge in [-0.3, -0.25) is 4.98 Å². The number of sulfonamides is 1. The average molecular weight is 782 g/mol. The number of ether oxygens (including phenoxy) is 4. The molecule has 0 N–H and O–H groups in total. The van der Waals surface area contributed by atoms with Gasteiger partial charge in [0, 0.05) is 22.0 Å². The summed E-state index contributed by atoms with van der Waals surface area (Å²) in [7, 11) is -3.94. The van der Waals surface area contributed by atoms with Gasteiger partial charge in [0.15, 0.2) is 5.79 Å². The van der Waals surface area contributed by atoms with Crippen LogP contribution in [-0.4, -0.2) is 60.1 Å². The zero-order valence-electron chi connectivity index (χ0n) is 31.3. The van der Waals surface area contributed by atoms with Gasteiger partial charge in [-0.05, 0) is 123 Å². The second-order valence-electron chi connectivity index (χ2n) is 15.9. The van der Waals surface area contributed by atoms with E-state index in [1.54, 1.807) is 47.7 Å². The first-order valence-corrected chi connectivity index (χ1v) is 20.0. The Bertz CT molecular complexity index is 2200. The van der Waals surface area contributed by atoms with E-state index >= 15 is 0 Å². The van der Waals surface area contributed by atoms with Crippen LogP contribution in [0.2, 0.25) is 5.02 Å². The summed E-state index contributed by atoms with van der Waals surface area (Å²) < 4.78 is 55.6. The maximum atomic E-state index is 13.5. The number of pyridine rings is 1. The molecule has 1 unspecified atom stereocenters. The fourth-order valence-electron chi connectivity index (χ4n) is 5.87. The number of amides is 2. The molecular formula is C39H44ClN3O8S2. The van der Waals surface area contributed by atoms with Gasteiger partial charge < -0.3 is 18.9 Å². The molecule has 282 valence electrons. The SMILES string of the molecule is CC(C)(C)OC(=O)N(C(=O)OC(C)(C)C)c1ccc(Cl)c(/C(=N\S(=O)(=O)C2CC2)c2cc3cccc(-c4cc(C5(C)COC(C)(C)O5)ccn4)c3s2)c1. The Morgan fingerprint density at radius 3 is 2.21 bits per heavy atom. The highest BCUT2D eigenvalue weighted by atomic mass is 35.5. The van der Waals surface area contributed by atoms with Gasteiger partial charge in [-0.15, -0.1) is 11.3 Å². The van der Waals surface area contributed by atoms with Gasteiger partial charge in [0.2, 0.25) is 0 Å². The molecule has 1 saturated carbocycles. The van der Waals surface area contributed by atoms with Crippen molar-refractivity contribution in [2.75, 3.05) is 11.5 Å². The minimum absolute atomic E-state index is 0.0574. The number of halogens is 1. The largest absolute Gasteiger partial charge is 0.443 e. The number of anilines is 1. The van der Waals surface area contributed by atoms with Crippen molar-refractivity contribution in [1.29, 1.82) is 0 Å². The number of benzene rings is 2. The number of hydrogen-bond donors (Lipinski definition) is 0. The number of thiophene rings is 1. The molecule has 2 aromatic heterocycles. The summed E-state index contributed by atoms with van der Waals surface area (Å²) >= 11 is 8.16. The van der Waals surface area contributed by atoms with E-state index in [1.165, 1.54) is 29.5 Å². The van der Waals surface area contributed by atoms with Crippen LogP contribution in [0, 0.1) is 0 Å². The molecule has 1 aliphatic carbocycles. The van der Waals surface area contributed by atoms with Gasteiger partial charge in [0.05, 0.1) is 33.1 Å². The lowest BCUT2D eigenvalue weighted by Gasteiger charge is -2.29. The third kappa shape index (κ3) is 8.76. The minimum Gasteiger partial charge on any atom is -0.443 e. The highest BCUT2D eigenvalue weighted by Gasteiger charge is 2.43. The number of imide groups is 1. The van der Waals surface area contributed by atoms with Crippen molar-refractivity contribution in [3.8, 4) is 11.3 Å². The van der Waals surface area contributed by atoms with E-state index in [9.17, 15) is 18.0 Å². The lowest BCUT2D eigenvalue weighted by Crippen LogP contribution is -2.43. The molecule has 0 radical (unpaired) electrons. The van der Waals surface area contributed by atoms with Gasteiger partial charge in [0.1, 0.15) is 22.5 Å². The first-order valence-electron chi connectivity index (χ1n) is 17.3. The molecule has 2 fully saturated rings. The number of carbonyl (C=O) groups excluding carboxylic acids is 2. The normalized spacial score (nSPS) is 19.3. The molecule has 6 rings (SSSR count). The van der Waals surface area contributed by atoms with Crippen LogP contribution in [0.4, 0.5) is 15.3 Å². The molecule has 1 saturated heterocycles. The van der Waals surface area contributed by atoms with Crippen molar-refractivity contribution < 1.29 is 37.0 Å². The van der Waals surface area contributed by atoms with Crippen LogP contribution < -0.4 is 4.90 Å². The monoisotopic (exact) mass is 781 g/mol. The van der Waals surface area contributed by atoms with Crippen LogP contribution in [0.15, 0.2) is 65.2 Å². The third-order valence-electron chi connectivity index (χ3n) is 8.37. The van der Waals surface area contributed by atoms with Gasteiger partial charge in [-0.25, -0.2) is 18.0 Å². The summed E-state index contributed by atoms with van der Waals surface area (Å²) in [5.74, 6) is -0.729. The maximum Gasteiger partial charge on any atom is 0.424 e. The Hall–Kier alpha value is -3.88. The number of nitrogens with zero attached hydrogens (tertiary/aromatic N) is 3. The van der Waals surface area contributed by atoms with Crippen LogP contribution in [0.1, 0.15) is 91.2 Å². The molecule has 2 aromatic carbocycles. The average Bonchev–Trinajstić information content (AvgIpc) is 3.75. The predicted molar refractivity (Wildman–Crippen MR) is 208 cm³/mol. The second-order valence-corrected chi connectivity index (χ2v) is 19.2. The zero-order chi connectivity index (χ0) is 38.7. The molecule has 3 heterocycles. The van der Waals surface area contributed by atoms with Gasteiger partial charge in [-0.1, -0.05) is 29.8 Å². The Balaban J connectivity index is 1.48. The summed E-state index contributed by atoms with van der Waals surface area (Å²) in [6, 6.07) is 16.0. The summed E-state index contributed by atoms with van der Waals surface area (Å²) in [6.07, 6.45) is 0.789. The predicted octanol–water partition coefficient (Wildman–Crippen LogP) is 9.62. The van der Waals surface area contributed by atoms with Crippen molar-refractivity contribution in [2.45, 2.75) is 103 Å². The van der Waals surface area contributed by atoms with Gasteiger partial charge >= 0.3 is 12.2 Å². The number of aromatic nitrogens is 1. The van der Waals surface area contributed by atoms with Crippen molar-refractivity contribution >= 4 is 66.6 Å². The number of hydrogen-bond acceptors (Lipinski definition) is 10. The maximum absolute atomic E-state index is 13.5. The molecule has 2 amide bonds. The Morgan fingerprint density at radius 1 is 0.962 bits per heavy atom. The molecule has 53 heavy (non-hydrogen) atoms. The third-order valence-corrected chi connectivity index (χ3v) is 11.6. The van der Waals surface area contributed by atoms with E-state index in [0.717, 1.165) is 26.1 Å². The zero-order valence-corrected chi connectivity index (χ0v) is 33.7. The van der Waals surface area contributed by atoms with Crippen molar-refractivity contribution in [3.05, 3.63) is 81.8 Å². The standard InChI is InChI=1S/C39H44ClN3O8S2/c1-36(2,3)49-34(44)43(35(45)50-37(4,5)6)25-13-16-29(40)28(21-25)32(42-53(46,47)26-14-15-26)31-19-23-11-10-12-27(33(23)52-31)30-20-24(17-18-41-30)39(9)22-48-38(7,8)51-39/h10-13,16-21,26H,14-15,22H2,1-9H3/b42-32+. The first kappa shape index (κ1) is 38.8. The molecule has 1 atom stereocenters. The molecule has 0 bridgehead atoms. The fourth-order valence-corrected chi connectivity index (χ4v) is 8.65. The Morgan fingerprint density at radius 2 is 1.62 bits per heavy atom. The fraction of sp³-hybridized carbons (Fsp3) is 0.436. The Labute approximate surface area is 319 Å². The summed E-state index contributed by atoms with van der Waals surface area (Å²) in [6.45, 7) is 16.2. The van der Waals surface area contributed by atoms with Crippen LogP contribution in [0.3, 0.4) is 0 Å². The summed E-state index contributed by atoms with van der Waals surface area (Å²) in [4.78, 5) is 33.0. The highest BCUT2D eigenvalue weighted by molar-refractivity contribution is 7.91. The van der Waals surface area contributed by atoms with Crippen LogP contribution in [-0.2, 0) is 34.6 Å². The summed E-state index contributed by atoms with van der Waals surface area (Å²) in [5.41, 5.74) is 0.216. The van der Waals surface area contributed by atoms with E-state index in [1.807, 2.05) is 57.2 Å². The summed E-state index contributed by atoms with van der Waals surface area (Å²) in [5, 5.41) is 0.383. The van der Waals surface area contributed by atoms with Crippen LogP contribution in [0.25, 0.3) is 21.3 Å². The molecule has 4 aromatic rings. The molecule has 1 aliphatic heterocycles. The molecular weight excluding hydrogens is 738 g/mol. The second kappa shape index (κ2) is 13.8. The topological polar surface area (TPSA) is 134 Å². The van der Waals surface area contributed by atoms with Crippen molar-refractivity contribution in [1.82, 2.24) is 4.98 Å². The van der Waals surface area contributed by atoms with E-state index in [-0.39, 0.29) is 22.0 Å². The lowest BCUT2D eigenvalue weighted by atomic mass is 9.96. The van der Waals surface area contributed by atoms with Crippen molar-refractivity contribution in [2.24, 2.45) is 4.40 Å². The molecule has 0 spiro atoms. The van der Waals surface area contributed by atoms with E-state index in [2.05, 4.69) is 4.40 Å². The quantitative estimate of drug-likeness (QED) is 0.168. The smallest absolute Gasteiger partial charge is 0.424 e. The number of carbonyl (C=O) groups is 2. The molecule has 11 nitrogen and oxygen atoms in total.